The lowest BCUT2D eigenvalue weighted by molar-refractivity contribution is -0.0652. The number of ether oxygens (including phenoxy) is 1. The lowest BCUT2D eigenvalue weighted by atomic mass is 9.86. The van der Waals surface area contributed by atoms with E-state index < -0.39 is 20.5 Å². The van der Waals surface area contributed by atoms with Crippen molar-refractivity contribution in [2.45, 2.75) is 38.3 Å². The Kier molecular flexibility index (Phi) is 8.29. The normalized spacial score (nSPS) is 15.2. The summed E-state index contributed by atoms with van der Waals surface area (Å²) in [5, 5.41) is 9.58. The van der Waals surface area contributed by atoms with Crippen LogP contribution in [-0.4, -0.2) is 53.5 Å². The van der Waals surface area contributed by atoms with Crippen molar-refractivity contribution in [3.05, 3.63) is 0 Å². The van der Waals surface area contributed by atoms with E-state index in [0.29, 0.717) is 18.9 Å². The molecule has 0 aliphatic carbocycles. The molecule has 0 heterocycles. The van der Waals surface area contributed by atoms with Crippen molar-refractivity contribution >= 4 is 14.9 Å². The van der Waals surface area contributed by atoms with E-state index in [-0.39, 0.29) is 12.5 Å². The molecule has 1 amide bonds. The molecule has 3 N–H and O–H groups in total. The van der Waals surface area contributed by atoms with Crippen LogP contribution in [0.1, 0.15) is 26.7 Å². The second-order valence-electron chi connectivity index (χ2n) is 4.95. The summed E-state index contributed by atoms with van der Waals surface area (Å²) >= 11 is 0. The summed E-state index contributed by atoms with van der Waals surface area (Å²) in [5.41, 5.74) is 4.11. The number of hydrogen-bond donors (Lipinski definition) is 2. The summed E-state index contributed by atoms with van der Waals surface area (Å²) in [6.45, 7) is 3.45. The number of nitrogens with two attached hydrogens (primary N) is 1. The van der Waals surface area contributed by atoms with Crippen LogP contribution >= 0.6 is 0 Å². The number of amides is 1. The van der Waals surface area contributed by atoms with E-state index in [4.69, 9.17) is 23.7 Å². The molecule has 0 aliphatic rings. The molecule has 0 rings (SSSR count). The molecule has 120 valence electrons. The lowest BCUT2D eigenvalue weighted by Crippen LogP contribution is -2.47. The van der Waals surface area contributed by atoms with Gasteiger partial charge in [0, 0.05) is 27.4 Å². The van der Waals surface area contributed by atoms with Gasteiger partial charge in [-0.2, -0.15) is 0 Å². The minimum Gasteiger partial charge on any atom is -0.440 e. The molecule has 0 bridgehead atoms. The van der Waals surface area contributed by atoms with Crippen LogP contribution in [0.4, 0.5) is 4.79 Å². The third kappa shape index (κ3) is 5.02. The van der Waals surface area contributed by atoms with Gasteiger partial charge in [-0.1, -0.05) is 13.8 Å². The molecule has 0 saturated carbocycles. The van der Waals surface area contributed by atoms with Crippen molar-refractivity contribution in [3.8, 4) is 0 Å². The highest BCUT2D eigenvalue weighted by molar-refractivity contribution is 6.60. The second kappa shape index (κ2) is 8.58. The van der Waals surface area contributed by atoms with Gasteiger partial charge in [-0.25, -0.2) is 4.79 Å². The number of primary amides is 1. The molecule has 20 heavy (non-hydrogen) atoms. The van der Waals surface area contributed by atoms with E-state index in [2.05, 4.69) is 0 Å². The molecule has 0 aromatic carbocycles. The average Bonchev–Trinajstić information content (AvgIpc) is 2.42. The highest BCUT2D eigenvalue weighted by Crippen LogP contribution is 2.29. The molecule has 0 aliphatic heterocycles. The molecule has 0 radical (unpaired) electrons. The maximum atomic E-state index is 11.0. The maximum Gasteiger partial charge on any atom is 0.500 e. The van der Waals surface area contributed by atoms with E-state index in [1.54, 1.807) is 21.3 Å². The minimum absolute atomic E-state index is 0.0660. The number of carbonyl (C=O) groups excluding carboxylic acids is 1. The Morgan fingerprint density at radius 2 is 1.75 bits per heavy atom. The topological polar surface area (TPSA) is 100 Å². The SMILES string of the molecule is CO[Si](CCCC(CO)(OC(N)=O)C(C)C)(OC)OC. The first kappa shape index (κ1) is 19.3. The smallest absolute Gasteiger partial charge is 0.440 e. The quantitative estimate of drug-likeness (QED) is 0.587. The molecule has 0 aromatic heterocycles. The molecule has 8 heteroatoms. The van der Waals surface area contributed by atoms with Crippen LogP contribution in [0.2, 0.25) is 6.04 Å². The van der Waals surface area contributed by atoms with E-state index in [9.17, 15) is 9.90 Å². The van der Waals surface area contributed by atoms with Crippen LogP contribution in [0.15, 0.2) is 0 Å². The molecular formula is C12H27NO6Si. The van der Waals surface area contributed by atoms with Crippen LogP contribution in [0.25, 0.3) is 0 Å². The molecule has 0 aromatic rings. The van der Waals surface area contributed by atoms with Crippen molar-refractivity contribution in [1.82, 2.24) is 0 Å². The lowest BCUT2D eigenvalue weighted by Gasteiger charge is -2.35. The van der Waals surface area contributed by atoms with Gasteiger partial charge in [0.1, 0.15) is 5.60 Å². The monoisotopic (exact) mass is 309 g/mol. The van der Waals surface area contributed by atoms with Gasteiger partial charge in [0.15, 0.2) is 0 Å². The average molecular weight is 309 g/mol. The van der Waals surface area contributed by atoms with Crippen LogP contribution in [0.3, 0.4) is 0 Å². The fourth-order valence-corrected chi connectivity index (χ4v) is 3.83. The summed E-state index contributed by atoms with van der Waals surface area (Å²) < 4.78 is 21.1. The number of aliphatic hydroxyl groups excluding tert-OH is 1. The minimum atomic E-state index is -2.66. The number of rotatable bonds is 10. The summed E-state index contributed by atoms with van der Waals surface area (Å²) in [5.74, 6) is -0.0660. The predicted octanol–water partition coefficient (Wildman–Crippen LogP) is 1.13. The van der Waals surface area contributed by atoms with Gasteiger partial charge in [-0.3, -0.25) is 0 Å². The highest BCUT2D eigenvalue weighted by atomic mass is 28.4. The standard InChI is InChI=1S/C12H27NO6Si/c1-10(2)12(9-14,19-11(13)15)7-6-8-20(16-3,17-4)18-5/h10,14H,6-9H2,1-5H3,(H2,13,15). The molecule has 0 spiro atoms. The van der Waals surface area contributed by atoms with Gasteiger partial charge >= 0.3 is 14.9 Å². The van der Waals surface area contributed by atoms with E-state index in [1.165, 1.54) is 0 Å². The van der Waals surface area contributed by atoms with Crippen molar-refractivity contribution in [1.29, 1.82) is 0 Å². The zero-order valence-electron chi connectivity index (χ0n) is 13.0. The third-order valence-electron chi connectivity index (χ3n) is 3.64. The Balaban J connectivity index is 4.73. The van der Waals surface area contributed by atoms with Gasteiger partial charge < -0.3 is 28.9 Å². The summed E-state index contributed by atoms with van der Waals surface area (Å²) in [6, 6.07) is 0.563. The molecule has 0 saturated heterocycles. The first-order chi connectivity index (χ1) is 9.31. The van der Waals surface area contributed by atoms with Gasteiger partial charge in [0.25, 0.3) is 0 Å². The Morgan fingerprint density at radius 1 is 1.25 bits per heavy atom. The molecule has 1 unspecified atom stereocenters. The fraction of sp³-hybridized carbons (Fsp3) is 0.917. The van der Waals surface area contributed by atoms with Crippen molar-refractivity contribution in [3.63, 3.8) is 0 Å². The van der Waals surface area contributed by atoms with E-state index >= 15 is 0 Å². The van der Waals surface area contributed by atoms with Crippen LogP contribution in [-0.2, 0) is 18.0 Å². The van der Waals surface area contributed by atoms with Crippen LogP contribution < -0.4 is 5.73 Å². The van der Waals surface area contributed by atoms with Crippen molar-refractivity contribution in [2.24, 2.45) is 11.7 Å². The van der Waals surface area contributed by atoms with Gasteiger partial charge in [0.05, 0.1) is 6.61 Å². The number of hydrogen-bond acceptors (Lipinski definition) is 6. The molecule has 7 nitrogen and oxygen atoms in total. The van der Waals surface area contributed by atoms with Crippen molar-refractivity contribution < 1.29 is 27.9 Å². The van der Waals surface area contributed by atoms with Crippen LogP contribution in [0.5, 0.6) is 0 Å². The van der Waals surface area contributed by atoms with Gasteiger partial charge in [-0.15, -0.1) is 0 Å². The largest absolute Gasteiger partial charge is 0.500 e. The van der Waals surface area contributed by atoms with E-state index in [1.807, 2.05) is 13.8 Å². The maximum absolute atomic E-state index is 11.0. The summed E-state index contributed by atoms with van der Waals surface area (Å²) in [4.78, 5) is 11.0. The molecule has 1 atom stereocenters. The predicted molar refractivity (Wildman–Crippen MR) is 76.1 cm³/mol. The summed E-state index contributed by atoms with van der Waals surface area (Å²) in [6.07, 6.45) is 0.185. The molecular weight excluding hydrogens is 282 g/mol. The first-order valence-electron chi connectivity index (χ1n) is 6.56. The Hall–Kier alpha value is -0.673. The third-order valence-corrected chi connectivity index (χ3v) is 6.47. The molecule has 0 fully saturated rings. The fourth-order valence-electron chi connectivity index (χ4n) is 2.11. The highest BCUT2D eigenvalue weighted by Gasteiger charge is 2.41. The van der Waals surface area contributed by atoms with E-state index in [0.717, 1.165) is 0 Å². The van der Waals surface area contributed by atoms with Crippen LogP contribution in [0, 0.1) is 5.92 Å². The zero-order chi connectivity index (χ0) is 15.8. The zero-order valence-corrected chi connectivity index (χ0v) is 14.0. The van der Waals surface area contributed by atoms with Crippen molar-refractivity contribution in [2.75, 3.05) is 27.9 Å². The Labute approximate surface area is 121 Å². The van der Waals surface area contributed by atoms with Gasteiger partial charge in [-0.05, 0) is 18.8 Å². The number of aliphatic hydroxyl groups is 1. The summed E-state index contributed by atoms with van der Waals surface area (Å²) in [7, 11) is 1.97. The first-order valence-corrected chi connectivity index (χ1v) is 8.49. The Morgan fingerprint density at radius 3 is 2.05 bits per heavy atom. The number of carbonyl (C=O) groups is 1. The Bertz CT molecular complexity index is 289. The second-order valence-corrected chi connectivity index (χ2v) is 8.04. The van der Waals surface area contributed by atoms with Gasteiger partial charge in [0.2, 0.25) is 0 Å².